The number of hydrogen-bond donors (Lipinski definition) is 1. The van der Waals surface area contributed by atoms with E-state index in [1.807, 2.05) is 33.8 Å². The third kappa shape index (κ3) is 21.3. The molecule has 1 rings (SSSR count). The predicted octanol–water partition coefficient (Wildman–Crippen LogP) is 13.2. The van der Waals surface area contributed by atoms with Gasteiger partial charge in [0, 0.05) is 6.04 Å². The second-order valence-electron chi connectivity index (χ2n) is 13.7. The van der Waals surface area contributed by atoms with Crippen LogP contribution in [0.25, 0.3) is 0 Å². The fraction of sp³-hybridized carbons (Fsp3) is 0.619. The topological polar surface area (TPSA) is 12.0 Å². The zero-order valence-corrected chi connectivity index (χ0v) is 31.1. The number of hydrogen-bond acceptors (Lipinski definition) is 1. The maximum Gasteiger partial charge on any atom is 0.0325 e. The predicted molar refractivity (Wildman–Crippen MR) is 202 cm³/mol. The summed E-state index contributed by atoms with van der Waals surface area (Å²) < 4.78 is 0. The molecule has 4 atom stereocenters. The summed E-state index contributed by atoms with van der Waals surface area (Å²) in [5.41, 5.74) is 4.52. The molecule has 0 amide bonds. The Bertz CT molecular complexity index is 839. The highest BCUT2D eigenvalue weighted by Gasteiger charge is 2.34. The van der Waals surface area contributed by atoms with Crippen molar-refractivity contribution in [3.8, 4) is 0 Å². The van der Waals surface area contributed by atoms with Crippen LogP contribution in [0.1, 0.15) is 127 Å². The van der Waals surface area contributed by atoms with Crippen molar-refractivity contribution >= 4 is 0 Å². The minimum atomic E-state index is 0.116. The molecule has 1 nitrogen and oxygen atoms in total. The number of rotatable bonds is 16. The monoisotopic (exact) mass is 594 g/mol. The van der Waals surface area contributed by atoms with Gasteiger partial charge in [-0.25, -0.2) is 0 Å². The Morgan fingerprint density at radius 1 is 0.837 bits per heavy atom. The first-order valence-corrected chi connectivity index (χ1v) is 17.1. The van der Waals surface area contributed by atoms with Crippen molar-refractivity contribution in [2.24, 2.45) is 28.6 Å². The quantitative estimate of drug-likeness (QED) is 0.188. The normalized spacial score (nSPS) is 13.6. The van der Waals surface area contributed by atoms with Crippen molar-refractivity contribution in [2.75, 3.05) is 6.54 Å². The number of allylic oxidation sites excluding steroid dienone is 4. The number of nitrogens with one attached hydrogen (secondary N) is 1. The van der Waals surface area contributed by atoms with Crippen LogP contribution in [0.3, 0.4) is 0 Å². The molecule has 0 radical (unpaired) electrons. The minimum Gasteiger partial charge on any atom is -0.309 e. The molecule has 4 unspecified atom stereocenters. The third-order valence-electron chi connectivity index (χ3n) is 7.81. The van der Waals surface area contributed by atoms with Gasteiger partial charge in [0.1, 0.15) is 0 Å². The molecule has 0 saturated carbocycles. The molecule has 0 aromatic heterocycles. The Morgan fingerprint density at radius 3 is 1.74 bits per heavy atom. The molecule has 1 N–H and O–H groups in total. The second-order valence-corrected chi connectivity index (χ2v) is 13.7. The Morgan fingerprint density at radius 2 is 1.35 bits per heavy atom. The molecule has 0 aliphatic heterocycles. The van der Waals surface area contributed by atoms with E-state index in [1.54, 1.807) is 12.2 Å². The van der Waals surface area contributed by atoms with Crippen LogP contribution in [0.15, 0.2) is 92.6 Å². The lowest BCUT2D eigenvalue weighted by Gasteiger charge is -2.40. The van der Waals surface area contributed by atoms with Crippen molar-refractivity contribution in [3.05, 3.63) is 98.2 Å². The third-order valence-corrected chi connectivity index (χ3v) is 7.81. The van der Waals surface area contributed by atoms with Crippen LogP contribution in [-0.4, -0.2) is 12.6 Å². The SMILES string of the molecule is C=CC.C=CC.C=CCC(=C)C(CCC)C(CC(=C)C(NCCc1ccccc1)C(C)(C)C)CC(CC)C(C)(C)C.CC. The maximum absolute atomic E-state index is 4.72. The van der Waals surface area contributed by atoms with Gasteiger partial charge in [0.25, 0.3) is 0 Å². The van der Waals surface area contributed by atoms with Crippen molar-refractivity contribution in [3.63, 3.8) is 0 Å². The Hall–Kier alpha value is -2.12. The van der Waals surface area contributed by atoms with Crippen molar-refractivity contribution in [2.45, 2.75) is 134 Å². The van der Waals surface area contributed by atoms with Crippen LogP contribution in [-0.2, 0) is 6.42 Å². The molecule has 0 spiro atoms. The molecular formula is C42H75N. The van der Waals surface area contributed by atoms with E-state index >= 15 is 0 Å². The molecule has 0 aliphatic rings. The smallest absolute Gasteiger partial charge is 0.0325 e. The number of benzene rings is 1. The van der Waals surface area contributed by atoms with E-state index < -0.39 is 0 Å². The lowest BCUT2D eigenvalue weighted by atomic mass is 9.67. The van der Waals surface area contributed by atoms with E-state index in [0.29, 0.717) is 29.2 Å². The minimum absolute atomic E-state index is 0.116. The van der Waals surface area contributed by atoms with Gasteiger partial charge in [0.2, 0.25) is 0 Å². The maximum atomic E-state index is 4.72. The highest BCUT2D eigenvalue weighted by Crippen LogP contribution is 2.42. The van der Waals surface area contributed by atoms with Crippen LogP contribution < -0.4 is 5.32 Å². The summed E-state index contributed by atoms with van der Waals surface area (Å²) >= 11 is 0. The molecular weight excluding hydrogens is 518 g/mol. The van der Waals surface area contributed by atoms with Crippen LogP contribution in [0.5, 0.6) is 0 Å². The molecule has 43 heavy (non-hydrogen) atoms. The highest BCUT2D eigenvalue weighted by molar-refractivity contribution is 5.17. The van der Waals surface area contributed by atoms with Gasteiger partial charge in [-0.1, -0.05) is 155 Å². The van der Waals surface area contributed by atoms with E-state index in [4.69, 9.17) is 6.58 Å². The van der Waals surface area contributed by atoms with Gasteiger partial charge in [-0.05, 0) is 86.6 Å². The molecule has 0 heterocycles. The second kappa shape index (κ2) is 26.3. The fourth-order valence-corrected chi connectivity index (χ4v) is 5.83. The fourth-order valence-electron chi connectivity index (χ4n) is 5.83. The van der Waals surface area contributed by atoms with E-state index in [1.165, 1.54) is 42.4 Å². The van der Waals surface area contributed by atoms with Gasteiger partial charge in [0.05, 0.1) is 0 Å². The molecule has 0 fully saturated rings. The van der Waals surface area contributed by atoms with Crippen LogP contribution in [0.2, 0.25) is 0 Å². The average molecular weight is 594 g/mol. The first kappa shape index (κ1) is 45.3. The Balaban J connectivity index is -0.00000180. The lowest BCUT2D eigenvalue weighted by molar-refractivity contribution is 0.161. The average Bonchev–Trinajstić information content (AvgIpc) is 2.93. The molecule has 1 aromatic carbocycles. The van der Waals surface area contributed by atoms with Gasteiger partial charge in [-0.3, -0.25) is 0 Å². The molecule has 0 saturated heterocycles. The zero-order valence-electron chi connectivity index (χ0n) is 31.1. The van der Waals surface area contributed by atoms with Crippen molar-refractivity contribution in [1.29, 1.82) is 0 Å². The summed E-state index contributed by atoms with van der Waals surface area (Å²) in [6.07, 6.45) is 13.4. The standard InChI is InChI=1S/C34H57N.2C3H6.C2H6/c1-12-18-26(4)31(19-13-2)29(25-30(14-3)33(6,7)8)24-27(5)32(34(9,10)11)35-23-22-28-20-16-15-17-21-28;2*1-3-2;1-2/h12,15-17,20-21,29-32,35H,1,4-5,13-14,18-19,22-25H2,2-3,6-11H3;2*3H,1H2,2H3;1-2H3. The van der Waals surface area contributed by atoms with Crippen molar-refractivity contribution in [1.82, 2.24) is 5.32 Å². The van der Waals surface area contributed by atoms with E-state index in [2.05, 4.69) is 117 Å². The van der Waals surface area contributed by atoms with Crippen LogP contribution >= 0.6 is 0 Å². The van der Waals surface area contributed by atoms with Crippen LogP contribution in [0.4, 0.5) is 0 Å². The summed E-state index contributed by atoms with van der Waals surface area (Å²) in [6, 6.07) is 11.1. The van der Waals surface area contributed by atoms with Gasteiger partial charge in [-0.15, -0.1) is 19.7 Å². The Kier molecular flexibility index (Phi) is 27.7. The summed E-state index contributed by atoms with van der Waals surface area (Å²) in [6.45, 7) is 47.7. The van der Waals surface area contributed by atoms with Crippen LogP contribution in [0, 0.1) is 28.6 Å². The van der Waals surface area contributed by atoms with Gasteiger partial charge < -0.3 is 5.32 Å². The molecule has 0 bridgehead atoms. The van der Waals surface area contributed by atoms with Gasteiger partial charge >= 0.3 is 0 Å². The first-order valence-electron chi connectivity index (χ1n) is 17.1. The van der Waals surface area contributed by atoms with E-state index in [-0.39, 0.29) is 5.41 Å². The van der Waals surface area contributed by atoms with E-state index in [0.717, 1.165) is 25.8 Å². The van der Waals surface area contributed by atoms with Gasteiger partial charge in [-0.2, -0.15) is 0 Å². The highest BCUT2D eigenvalue weighted by atomic mass is 14.9. The molecule has 248 valence electrons. The zero-order chi connectivity index (χ0) is 34.1. The molecule has 1 heteroatoms. The summed E-state index contributed by atoms with van der Waals surface area (Å²) in [4.78, 5) is 0. The lowest BCUT2D eigenvalue weighted by Crippen LogP contribution is -2.43. The molecule has 1 aromatic rings. The molecule has 0 aliphatic carbocycles. The van der Waals surface area contributed by atoms with Gasteiger partial charge in [0.15, 0.2) is 0 Å². The Labute approximate surface area is 272 Å². The van der Waals surface area contributed by atoms with E-state index in [9.17, 15) is 0 Å². The summed E-state index contributed by atoms with van der Waals surface area (Å²) in [5, 5.41) is 3.90. The summed E-state index contributed by atoms with van der Waals surface area (Å²) in [5.74, 6) is 1.78. The largest absolute Gasteiger partial charge is 0.309 e. The summed E-state index contributed by atoms with van der Waals surface area (Å²) in [7, 11) is 0. The van der Waals surface area contributed by atoms with Crippen molar-refractivity contribution < 1.29 is 0 Å². The first-order chi connectivity index (χ1) is 20.2.